The lowest BCUT2D eigenvalue weighted by Gasteiger charge is -2.03. The molecule has 0 aliphatic heterocycles. The molecule has 0 aromatic rings. The van der Waals surface area contributed by atoms with Crippen molar-refractivity contribution in [1.29, 1.82) is 0 Å². The molecule has 0 spiro atoms. The lowest BCUT2D eigenvalue weighted by Crippen LogP contribution is -2.08. The smallest absolute Gasteiger partial charge is 0.305 e. The number of hydrogen-bond donors (Lipinski definition) is 0. The van der Waals surface area contributed by atoms with Crippen molar-refractivity contribution in [3.05, 3.63) is 12.7 Å². The van der Waals surface area contributed by atoms with Crippen molar-refractivity contribution < 1.29 is 19.1 Å². The highest BCUT2D eigenvalue weighted by atomic mass is 16.5. The van der Waals surface area contributed by atoms with Gasteiger partial charge in [0.05, 0.1) is 13.2 Å². The highest BCUT2D eigenvalue weighted by Crippen LogP contribution is 2.01. The molecule has 0 radical (unpaired) electrons. The lowest BCUT2D eigenvalue weighted by molar-refractivity contribution is -0.145. The van der Waals surface area contributed by atoms with Crippen molar-refractivity contribution in [2.45, 2.75) is 39.0 Å². The van der Waals surface area contributed by atoms with Crippen LogP contribution in [0.2, 0.25) is 0 Å². The standard InChI is InChI=1S/C12H20O4/c1-3-5-6-10-16-12(14)9-7-8-11(13)15-4-2/h3H,1,4-10H2,2H3. The average molecular weight is 228 g/mol. The molecule has 0 rings (SSSR count). The van der Waals surface area contributed by atoms with Crippen LogP contribution in [0.1, 0.15) is 39.0 Å². The largest absolute Gasteiger partial charge is 0.466 e. The first kappa shape index (κ1) is 14.7. The highest BCUT2D eigenvalue weighted by molar-refractivity contribution is 5.72. The van der Waals surface area contributed by atoms with Crippen LogP contribution in [-0.2, 0) is 19.1 Å². The maximum Gasteiger partial charge on any atom is 0.305 e. The summed E-state index contributed by atoms with van der Waals surface area (Å²) in [6.07, 6.45) is 4.46. The second kappa shape index (κ2) is 10.2. The summed E-state index contributed by atoms with van der Waals surface area (Å²) in [5.41, 5.74) is 0. The minimum absolute atomic E-state index is 0.256. The molecule has 0 amide bonds. The zero-order valence-corrected chi connectivity index (χ0v) is 9.87. The number of esters is 2. The summed E-state index contributed by atoms with van der Waals surface area (Å²) in [4.78, 5) is 22.1. The Bertz CT molecular complexity index is 223. The Hall–Kier alpha value is -1.32. The van der Waals surface area contributed by atoms with Crippen molar-refractivity contribution in [3.8, 4) is 0 Å². The number of rotatable bonds is 9. The quantitative estimate of drug-likeness (QED) is 0.345. The van der Waals surface area contributed by atoms with Crippen LogP contribution in [0.5, 0.6) is 0 Å². The monoisotopic (exact) mass is 228 g/mol. The second-order valence-electron chi connectivity index (χ2n) is 3.31. The van der Waals surface area contributed by atoms with E-state index in [-0.39, 0.29) is 24.8 Å². The molecule has 0 fully saturated rings. The average Bonchev–Trinajstić information content (AvgIpc) is 2.25. The summed E-state index contributed by atoms with van der Waals surface area (Å²) in [6.45, 7) is 6.13. The minimum atomic E-state index is -0.262. The second-order valence-corrected chi connectivity index (χ2v) is 3.31. The van der Waals surface area contributed by atoms with Crippen LogP contribution in [0.4, 0.5) is 0 Å². The van der Waals surface area contributed by atoms with E-state index in [4.69, 9.17) is 9.47 Å². The third kappa shape index (κ3) is 9.24. The van der Waals surface area contributed by atoms with E-state index in [0.29, 0.717) is 19.6 Å². The Morgan fingerprint density at radius 2 is 1.75 bits per heavy atom. The van der Waals surface area contributed by atoms with Crippen molar-refractivity contribution in [2.24, 2.45) is 0 Å². The molecule has 0 unspecified atom stereocenters. The molecule has 0 aromatic carbocycles. The van der Waals surface area contributed by atoms with Crippen LogP contribution in [0.3, 0.4) is 0 Å². The molecule has 0 atom stereocenters. The molecule has 4 nitrogen and oxygen atoms in total. The van der Waals surface area contributed by atoms with Gasteiger partial charge >= 0.3 is 11.9 Å². The van der Waals surface area contributed by atoms with E-state index in [1.807, 2.05) is 0 Å². The van der Waals surface area contributed by atoms with Crippen molar-refractivity contribution in [3.63, 3.8) is 0 Å². The molecule has 0 bridgehead atoms. The van der Waals surface area contributed by atoms with Gasteiger partial charge in [-0.2, -0.15) is 0 Å². The molecular weight excluding hydrogens is 208 g/mol. The molecule has 0 saturated heterocycles. The van der Waals surface area contributed by atoms with Crippen LogP contribution in [-0.4, -0.2) is 25.2 Å². The van der Waals surface area contributed by atoms with Gasteiger partial charge in [0.15, 0.2) is 0 Å². The molecule has 0 saturated carbocycles. The Morgan fingerprint density at radius 1 is 1.12 bits per heavy atom. The zero-order chi connectivity index (χ0) is 12.2. The predicted octanol–water partition coefficient (Wildman–Crippen LogP) is 2.23. The molecule has 0 heterocycles. The highest BCUT2D eigenvalue weighted by Gasteiger charge is 2.06. The van der Waals surface area contributed by atoms with Crippen molar-refractivity contribution in [1.82, 2.24) is 0 Å². The minimum Gasteiger partial charge on any atom is -0.466 e. The number of hydrogen-bond acceptors (Lipinski definition) is 4. The first-order chi connectivity index (χ1) is 7.70. The van der Waals surface area contributed by atoms with E-state index in [1.54, 1.807) is 13.0 Å². The van der Waals surface area contributed by atoms with Gasteiger partial charge in [0.2, 0.25) is 0 Å². The Morgan fingerprint density at radius 3 is 2.31 bits per heavy atom. The van der Waals surface area contributed by atoms with E-state index >= 15 is 0 Å². The number of unbranched alkanes of at least 4 members (excludes halogenated alkanes) is 1. The topological polar surface area (TPSA) is 52.6 Å². The summed E-state index contributed by atoms with van der Waals surface area (Å²) in [5, 5.41) is 0. The summed E-state index contributed by atoms with van der Waals surface area (Å²) in [6, 6.07) is 0. The fourth-order valence-corrected chi connectivity index (χ4v) is 1.10. The van der Waals surface area contributed by atoms with Gasteiger partial charge in [0, 0.05) is 12.8 Å². The lowest BCUT2D eigenvalue weighted by atomic mass is 10.2. The maximum atomic E-state index is 11.1. The van der Waals surface area contributed by atoms with E-state index in [1.165, 1.54) is 0 Å². The molecule has 0 N–H and O–H groups in total. The molecule has 0 aliphatic carbocycles. The molecule has 0 aliphatic rings. The molecule has 16 heavy (non-hydrogen) atoms. The Kier molecular flexibility index (Phi) is 9.36. The number of carbonyl (C=O) groups excluding carboxylic acids is 2. The Balaban J connectivity index is 3.36. The van der Waals surface area contributed by atoms with Gasteiger partial charge in [0.25, 0.3) is 0 Å². The van der Waals surface area contributed by atoms with Gasteiger partial charge in [-0.05, 0) is 26.2 Å². The van der Waals surface area contributed by atoms with E-state index < -0.39 is 0 Å². The van der Waals surface area contributed by atoms with E-state index in [0.717, 1.165) is 12.8 Å². The molecule has 92 valence electrons. The summed E-state index contributed by atoms with van der Waals surface area (Å²) < 4.78 is 9.68. The maximum absolute atomic E-state index is 11.1. The van der Waals surface area contributed by atoms with Gasteiger partial charge in [-0.1, -0.05) is 6.08 Å². The van der Waals surface area contributed by atoms with Crippen LogP contribution in [0.15, 0.2) is 12.7 Å². The Labute approximate surface area is 96.6 Å². The van der Waals surface area contributed by atoms with Gasteiger partial charge in [-0.25, -0.2) is 0 Å². The van der Waals surface area contributed by atoms with Crippen LogP contribution in [0, 0.1) is 0 Å². The number of allylic oxidation sites excluding steroid dienone is 1. The first-order valence-electron chi connectivity index (χ1n) is 5.62. The van der Waals surface area contributed by atoms with Gasteiger partial charge < -0.3 is 9.47 Å². The van der Waals surface area contributed by atoms with E-state index in [9.17, 15) is 9.59 Å². The molecular formula is C12H20O4. The third-order valence-electron chi connectivity index (χ3n) is 1.88. The predicted molar refractivity (Wildman–Crippen MR) is 60.9 cm³/mol. The zero-order valence-electron chi connectivity index (χ0n) is 9.87. The fraction of sp³-hybridized carbons (Fsp3) is 0.667. The third-order valence-corrected chi connectivity index (χ3v) is 1.88. The van der Waals surface area contributed by atoms with Gasteiger partial charge in [-0.3, -0.25) is 9.59 Å². The van der Waals surface area contributed by atoms with E-state index in [2.05, 4.69) is 6.58 Å². The molecule has 4 heteroatoms. The van der Waals surface area contributed by atoms with Crippen LogP contribution >= 0.6 is 0 Å². The van der Waals surface area contributed by atoms with Crippen molar-refractivity contribution in [2.75, 3.05) is 13.2 Å². The summed E-state index contributed by atoms with van der Waals surface area (Å²) >= 11 is 0. The van der Waals surface area contributed by atoms with Crippen LogP contribution < -0.4 is 0 Å². The SMILES string of the molecule is C=CCCCOC(=O)CCCC(=O)OCC. The molecule has 0 aromatic heterocycles. The van der Waals surface area contributed by atoms with Crippen molar-refractivity contribution >= 4 is 11.9 Å². The first-order valence-corrected chi connectivity index (χ1v) is 5.62. The summed E-state index contributed by atoms with van der Waals surface area (Å²) in [7, 11) is 0. The fourth-order valence-electron chi connectivity index (χ4n) is 1.10. The number of carbonyl (C=O) groups is 2. The number of ether oxygens (including phenoxy) is 2. The summed E-state index contributed by atoms with van der Waals surface area (Å²) in [5.74, 6) is -0.518. The van der Waals surface area contributed by atoms with Gasteiger partial charge in [-0.15, -0.1) is 6.58 Å². The normalized spacial score (nSPS) is 9.56. The van der Waals surface area contributed by atoms with Gasteiger partial charge in [0.1, 0.15) is 0 Å². The van der Waals surface area contributed by atoms with Crippen LogP contribution in [0.25, 0.3) is 0 Å².